The fourth-order valence-corrected chi connectivity index (χ4v) is 4.38. The molecule has 2 aromatic carbocycles. The van der Waals surface area contributed by atoms with Gasteiger partial charge in [-0.3, -0.25) is 9.59 Å². The molecular weight excluding hydrogens is 413 g/mol. The van der Waals surface area contributed by atoms with Gasteiger partial charge in [0.05, 0.1) is 37.2 Å². The number of piperidine rings is 1. The summed E-state index contributed by atoms with van der Waals surface area (Å²) >= 11 is 0. The van der Waals surface area contributed by atoms with Gasteiger partial charge in [0.25, 0.3) is 0 Å². The molecule has 170 valence electrons. The van der Waals surface area contributed by atoms with Crippen LogP contribution in [0.15, 0.2) is 36.4 Å². The van der Waals surface area contributed by atoms with E-state index in [2.05, 4.69) is 10.2 Å². The first-order valence-electron chi connectivity index (χ1n) is 10.9. The average molecular weight is 442 g/mol. The molecule has 2 aliphatic rings. The van der Waals surface area contributed by atoms with Crippen LogP contribution in [0, 0.1) is 11.7 Å². The van der Waals surface area contributed by atoms with Gasteiger partial charge in [-0.2, -0.15) is 0 Å². The summed E-state index contributed by atoms with van der Waals surface area (Å²) in [6.07, 6.45) is 3.39. The molecule has 4 rings (SSSR count). The molecule has 7 nitrogen and oxygen atoms in total. The summed E-state index contributed by atoms with van der Waals surface area (Å²) in [5, 5.41) is 2.88. The van der Waals surface area contributed by atoms with Gasteiger partial charge in [-0.05, 0) is 49.6 Å². The summed E-state index contributed by atoms with van der Waals surface area (Å²) in [7, 11) is 3.08. The number of anilines is 3. The number of carbonyl (C=O) groups is 2. The first-order valence-corrected chi connectivity index (χ1v) is 10.9. The molecule has 0 bridgehead atoms. The Labute approximate surface area is 187 Å². The van der Waals surface area contributed by atoms with E-state index in [0.29, 0.717) is 22.9 Å². The van der Waals surface area contributed by atoms with Crippen molar-refractivity contribution in [1.29, 1.82) is 0 Å². The number of nitrogens with zero attached hydrogens (tertiary/aromatic N) is 2. The maximum Gasteiger partial charge on any atom is 0.229 e. The number of carbonyl (C=O) groups excluding carboxylic acids is 2. The molecule has 0 aliphatic carbocycles. The Morgan fingerprint density at radius 2 is 1.78 bits per heavy atom. The van der Waals surface area contributed by atoms with Crippen LogP contribution in [0.25, 0.3) is 0 Å². The summed E-state index contributed by atoms with van der Waals surface area (Å²) in [6.45, 7) is 1.98. The zero-order valence-electron chi connectivity index (χ0n) is 18.4. The summed E-state index contributed by atoms with van der Waals surface area (Å²) in [5.41, 5.74) is 1.86. The smallest absolute Gasteiger partial charge is 0.229 e. The Bertz CT molecular complexity index is 1010. The van der Waals surface area contributed by atoms with Crippen LogP contribution >= 0.6 is 0 Å². The maximum atomic E-state index is 14.0. The molecule has 0 spiro atoms. The number of benzene rings is 2. The zero-order chi connectivity index (χ0) is 22.7. The number of nitrogens with one attached hydrogen (secondary N) is 1. The van der Waals surface area contributed by atoms with Crippen molar-refractivity contribution in [3.8, 4) is 11.5 Å². The van der Waals surface area contributed by atoms with Crippen molar-refractivity contribution < 1.29 is 23.5 Å². The second-order valence-electron chi connectivity index (χ2n) is 8.14. The van der Waals surface area contributed by atoms with Crippen molar-refractivity contribution in [2.24, 2.45) is 5.92 Å². The Hall–Kier alpha value is -3.29. The minimum absolute atomic E-state index is 0.0788. The van der Waals surface area contributed by atoms with E-state index >= 15 is 0 Å². The molecule has 2 saturated heterocycles. The van der Waals surface area contributed by atoms with Gasteiger partial charge in [0.15, 0.2) is 0 Å². The summed E-state index contributed by atoms with van der Waals surface area (Å²) in [4.78, 5) is 29.5. The molecule has 2 heterocycles. The van der Waals surface area contributed by atoms with Gasteiger partial charge in [-0.1, -0.05) is 0 Å². The van der Waals surface area contributed by atoms with E-state index in [-0.39, 0.29) is 24.8 Å². The lowest BCUT2D eigenvalue weighted by Crippen LogP contribution is -2.32. The Kier molecular flexibility index (Phi) is 6.48. The Morgan fingerprint density at radius 1 is 1.03 bits per heavy atom. The van der Waals surface area contributed by atoms with Crippen molar-refractivity contribution >= 4 is 28.9 Å². The third-order valence-corrected chi connectivity index (χ3v) is 6.09. The molecule has 0 radical (unpaired) electrons. The molecule has 2 amide bonds. The standard InChI is InChI=1S/C24H28FN3O4/c1-31-18-7-9-21(22(14-18)32-2)28-15-16(12-23(28)29)24(30)26-19-13-17(25)6-8-20(19)27-10-4-3-5-11-27/h6-9,13-14,16H,3-5,10-12,15H2,1-2H3,(H,26,30). The lowest BCUT2D eigenvalue weighted by atomic mass is 10.1. The number of ether oxygens (including phenoxy) is 2. The lowest BCUT2D eigenvalue weighted by molar-refractivity contribution is -0.122. The van der Waals surface area contributed by atoms with E-state index in [4.69, 9.17) is 9.47 Å². The second-order valence-corrected chi connectivity index (χ2v) is 8.14. The van der Waals surface area contributed by atoms with Gasteiger partial charge in [0.1, 0.15) is 17.3 Å². The first kappa shape index (κ1) is 21.9. The third-order valence-electron chi connectivity index (χ3n) is 6.09. The van der Waals surface area contributed by atoms with Crippen LogP contribution in [-0.2, 0) is 9.59 Å². The summed E-state index contributed by atoms with van der Waals surface area (Å²) in [6, 6.07) is 9.67. The third kappa shape index (κ3) is 4.49. The van der Waals surface area contributed by atoms with Crippen molar-refractivity contribution in [3.05, 3.63) is 42.2 Å². The van der Waals surface area contributed by atoms with E-state index in [1.54, 1.807) is 36.3 Å². The van der Waals surface area contributed by atoms with Crippen LogP contribution in [0.3, 0.4) is 0 Å². The van der Waals surface area contributed by atoms with Crippen LogP contribution in [-0.4, -0.2) is 45.7 Å². The molecule has 1 atom stereocenters. The van der Waals surface area contributed by atoms with E-state index in [1.165, 1.54) is 25.7 Å². The molecule has 32 heavy (non-hydrogen) atoms. The SMILES string of the molecule is COc1ccc(N2CC(C(=O)Nc3cc(F)ccc3N3CCCCC3)CC2=O)c(OC)c1. The monoisotopic (exact) mass is 441 g/mol. The number of halogens is 1. The van der Waals surface area contributed by atoms with Gasteiger partial charge < -0.3 is 24.6 Å². The average Bonchev–Trinajstić information content (AvgIpc) is 3.20. The van der Waals surface area contributed by atoms with Crippen molar-refractivity contribution in [2.75, 3.05) is 49.0 Å². The molecule has 1 unspecified atom stereocenters. The van der Waals surface area contributed by atoms with Crippen LogP contribution in [0.2, 0.25) is 0 Å². The summed E-state index contributed by atoms with van der Waals surface area (Å²) in [5.74, 6) is -0.305. The second kappa shape index (κ2) is 9.46. The van der Waals surface area contributed by atoms with Gasteiger partial charge in [0.2, 0.25) is 11.8 Å². The number of amides is 2. The quantitative estimate of drug-likeness (QED) is 0.738. The largest absolute Gasteiger partial charge is 0.497 e. The van der Waals surface area contributed by atoms with Gasteiger partial charge in [0, 0.05) is 32.1 Å². The molecule has 0 saturated carbocycles. The van der Waals surface area contributed by atoms with E-state index < -0.39 is 11.7 Å². The van der Waals surface area contributed by atoms with Crippen molar-refractivity contribution in [3.63, 3.8) is 0 Å². The van der Waals surface area contributed by atoms with Crippen LogP contribution in [0.5, 0.6) is 11.5 Å². The molecule has 2 aromatic rings. The number of hydrogen-bond acceptors (Lipinski definition) is 5. The highest BCUT2D eigenvalue weighted by atomic mass is 19.1. The highest BCUT2D eigenvalue weighted by Gasteiger charge is 2.36. The molecule has 8 heteroatoms. The van der Waals surface area contributed by atoms with Crippen LogP contribution < -0.4 is 24.6 Å². The molecule has 2 fully saturated rings. The topological polar surface area (TPSA) is 71.1 Å². The van der Waals surface area contributed by atoms with Gasteiger partial charge in [-0.25, -0.2) is 4.39 Å². The van der Waals surface area contributed by atoms with E-state index in [0.717, 1.165) is 31.6 Å². The zero-order valence-corrected chi connectivity index (χ0v) is 18.4. The predicted octanol–water partition coefficient (Wildman–Crippen LogP) is 3.82. The van der Waals surface area contributed by atoms with Crippen molar-refractivity contribution in [2.45, 2.75) is 25.7 Å². The molecule has 0 aromatic heterocycles. The van der Waals surface area contributed by atoms with Gasteiger partial charge >= 0.3 is 0 Å². The minimum atomic E-state index is -0.549. The molecule has 2 aliphatic heterocycles. The summed E-state index contributed by atoms with van der Waals surface area (Å²) < 4.78 is 24.6. The number of hydrogen-bond donors (Lipinski definition) is 1. The van der Waals surface area contributed by atoms with Gasteiger partial charge in [-0.15, -0.1) is 0 Å². The van der Waals surface area contributed by atoms with E-state index in [9.17, 15) is 14.0 Å². The van der Waals surface area contributed by atoms with Crippen LogP contribution in [0.4, 0.5) is 21.5 Å². The normalized spacial score (nSPS) is 18.6. The fourth-order valence-electron chi connectivity index (χ4n) is 4.38. The first-order chi connectivity index (χ1) is 15.5. The van der Waals surface area contributed by atoms with E-state index in [1.807, 2.05) is 0 Å². The predicted molar refractivity (Wildman–Crippen MR) is 121 cm³/mol. The Morgan fingerprint density at radius 3 is 2.50 bits per heavy atom. The number of rotatable bonds is 6. The molecular formula is C24H28FN3O4. The number of methoxy groups -OCH3 is 2. The highest BCUT2D eigenvalue weighted by Crippen LogP contribution is 2.36. The van der Waals surface area contributed by atoms with Crippen molar-refractivity contribution in [1.82, 2.24) is 0 Å². The van der Waals surface area contributed by atoms with Crippen LogP contribution in [0.1, 0.15) is 25.7 Å². The molecule has 1 N–H and O–H groups in total. The maximum absolute atomic E-state index is 14.0. The minimum Gasteiger partial charge on any atom is -0.497 e. The fraction of sp³-hybridized carbons (Fsp3) is 0.417. The lowest BCUT2D eigenvalue weighted by Gasteiger charge is -2.30. The highest BCUT2D eigenvalue weighted by molar-refractivity contribution is 6.05. The Balaban J connectivity index is 1.51.